The average molecular weight is 384 g/mol. The third-order valence-electron chi connectivity index (χ3n) is 3.75. The molecule has 26 heavy (non-hydrogen) atoms. The zero-order valence-corrected chi connectivity index (χ0v) is 15.5. The summed E-state index contributed by atoms with van der Waals surface area (Å²) in [5.74, 6) is -0.253. The number of aryl methyl sites for hydroxylation is 1. The van der Waals surface area contributed by atoms with E-state index in [2.05, 4.69) is 20.6 Å². The quantitative estimate of drug-likeness (QED) is 0.365. The molecule has 1 aliphatic rings. The van der Waals surface area contributed by atoms with Crippen LogP contribution in [-0.4, -0.2) is 25.6 Å². The Hall–Kier alpha value is -2.78. The molecule has 0 aliphatic carbocycles. The number of carbonyl (C=O) groups is 1. The number of hydrogen-bond acceptors (Lipinski definition) is 6. The van der Waals surface area contributed by atoms with E-state index in [0.29, 0.717) is 16.4 Å². The van der Waals surface area contributed by atoms with Crippen molar-refractivity contribution in [2.24, 2.45) is 7.05 Å². The van der Waals surface area contributed by atoms with E-state index in [1.807, 2.05) is 29.9 Å². The van der Waals surface area contributed by atoms with Gasteiger partial charge in [0.25, 0.3) is 5.91 Å². The molecule has 0 saturated heterocycles. The fourth-order valence-corrected chi connectivity index (χ4v) is 6.15. The van der Waals surface area contributed by atoms with Gasteiger partial charge in [-0.2, -0.15) is 0 Å². The van der Waals surface area contributed by atoms with E-state index in [1.165, 1.54) is 0 Å². The maximum absolute atomic E-state index is 12.7. The highest BCUT2D eigenvalue weighted by atomic mass is 33.1. The normalized spacial score (nSPS) is 15.4. The van der Waals surface area contributed by atoms with Crippen LogP contribution in [0.1, 0.15) is 10.4 Å². The molecule has 1 amide bonds. The largest absolute Gasteiger partial charge is 0.398 e. The fourth-order valence-electron chi connectivity index (χ4n) is 2.44. The highest BCUT2D eigenvalue weighted by molar-refractivity contribution is 8.84. The second-order valence-electron chi connectivity index (χ2n) is 5.52. The third-order valence-corrected chi connectivity index (χ3v) is 7.63. The number of nitrogens with one attached hydrogen (secondary N) is 2. The van der Waals surface area contributed by atoms with E-state index in [0.717, 1.165) is 15.9 Å². The molecule has 132 valence electrons. The lowest BCUT2D eigenvalue weighted by Gasteiger charge is -2.11. The Morgan fingerprint density at radius 3 is 2.85 bits per heavy atom. The molecule has 1 aromatic carbocycles. The predicted molar refractivity (Wildman–Crippen MR) is 106 cm³/mol. The molecule has 0 saturated carbocycles. The van der Waals surface area contributed by atoms with E-state index in [9.17, 15) is 4.79 Å². The summed E-state index contributed by atoms with van der Waals surface area (Å²) in [7, 11) is 2.96. The molecule has 3 heterocycles. The monoisotopic (exact) mass is 384 g/mol. The molecular formula is C17H16N6OS2. The molecule has 7 nitrogen and oxygen atoms in total. The molecule has 0 radical (unpaired) electrons. The lowest BCUT2D eigenvalue weighted by atomic mass is 10.2. The van der Waals surface area contributed by atoms with Crippen molar-refractivity contribution >= 4 is 42.7 Å². The van der Waals surface area contributed by atoms with Crippen LogP contribution in [0.4, 0.5) is 11.4 Å². The van der Waals surface area contributed by atoms with Gasteiger partial charge in [0.05, 0.1) is 11.3 Å². The number of para-hydroxylation sites is 1. The van der Waals surface area contributed by atoms with E-state index in [-0.39, 0.29) is 5.91 Å². The first kappa shape index (κ1) is 16.7. The standard InChI is InChI=1S/C17H16N6OS2/c1-23-10-9-20-17(23)25-26-15-13(7-4-8-19-15)21-16(26)22-14(24)11-5-2-3-6-12(11)18/h2-10,21H,18H2,1H3,(H,22,24). The summed E-state index contributed by atoms with van der Waals surface area (Å²) in [5, 5.41) is 8.65. The summed E-state index contributed by atoms with van der Waals surface area (Å²) in [6, 6.07) is 10.8. The molecule has 0 spiro atoms. The second-order valence-corrected chi connectivity index (χ2v) is 8.89. The number of imidazole rings is 1. The summed E-state index contributed by atoms with van der Waals surface area (Å²) < 4.78 is 1.94. The first-order valence-electron chi connectivity index (χ1n) is 7.78. The van der Waals surface area contributed by atoms with Crippen LogP contribution in [0.2, 0.25) is 0 Å². The molecule has 1 unspecified atom stereocenters. The topological polar surface area (TPSA) is 97.9 Å². The van der Waals surface area contributed by atoms with Crippen LogP contribution < -0.4 is 16.4 Å². The number of nitrogens with two attached hydrogens (primary N) is 1. The smallest absolute Gasteiger partial charge is 0.259 e. The van der Waals surface area contributed by atoms with Gasteiger partial charge in [0.1, 0.15) is 5.03 Å². The number of aromatic nitrogens is 3. The van der Waals surface area contributed by atoms with Crippen LogP contribution in [0.3, 0.4) is 0 Å². The average Bonchev–Trinajstić information content (AvgIpc) is 3.20. The van der Waals surface area contributed by atoms with Crippen LogP contribution >= 0.6 is 20.3 Å². The molecule has 2 aromatic heterocycles. The first-order chi connectivity index (χ1) is 12.6. The molecule has 1 aliphatic heterocycles. The van der Waals surface area contributed by atoms with Crippen molar-refractivity contribution in [2.75, 3.05) is 11.1 Å². The first-order valence-corrected chi connectivity index (χ1v) is 10.3. The zero-order chi connectivity index (χ0) is 18.1. The van der Waals surface area contributed by atoms with Crippen molar-refractivity contribution in [2.45, 2.75) is 10.2 Å². The highest BCUT2D eigenvalue weighted by Crippen LogP contribution is 2.49. The second kappa shape index (κ2) is 6.85. The van der Waals surface area contributed by atoms with Gasteiger partial charge in [-0.3, -0.25) is 4.79 Å². The summed E-state index contributed by atoms with van der Waals surface area (Å²) in [5.41, 5.74) is 7.69. The number of amides is 1. The van der Waals surface area contributed by atoms with Crippen molar-refractivity contribution in [1.29, 1.82) is 0 Å². The minimum Gasteiger partial charge on any atom is -0.398 e. The molecular weight excluding hydrogens is 368 g/mol. The van der Waals surface area contributed by atoms with Crippen molar-refractivity contribution in [1.82, 2.24) is 19.9 Å². The lowest BCUT2D eigenvalue weighted by Crippen LogP contribution is -2.34. The van der Waals surface area contributed by atoms with Crippen LogP contribution in [0.15, 0.2) is 65.2 Å². The van der Waals surface area contributed by atoms with Gasteiger partial charge in [0.15, 0.2) is 10.3 Å². The molecule has 1 atom stereocenters. The number of nitrogen functional groups attached to an aromatic ring is 1. The Labute approximate surface area is 156 Å². The van der Waals surface area contributed by atoms with Crippen molar-refractivity contribution in [3.63, 3.8) is 0 Å². The fraction of sp³-hybridized carbons (Fsp3) is 0.0588. The number of pyridine rings is 1. The van der Waals surface area contributed by atoms with Crippen LogP contribution in [0.5, 0.6) is 0 Å². The van der Waals surface area contributed by atoms with Gasteiger partial charge in [0.2, 0.25) is 0 Å². The third kappa shape index (κ3) is 3.06. The molecule has 3 aromatic rings. The minimum atomic E-state index is -0.526. The van der Waals surface area contributed by atoms with Crippen molar-refractivity contribution in [3.8, 4) is 0 Å². The van der Waals surface area contributed by atoms with Crippen molar-refractivity contribution in [3.05, 3.63) is 60.6 Å². The van der Waals surface area contributed by atoms with Gasteiger partial charge < -0.3 is 20.9 Å². The molecule has 9 heteroatoms. The van der Waals surface area contributed by atoms with Gasteiger partial charge in [-0.15, -0.1) is 0 Å². The number of hydrogen-bond donors (Lipinski definition) is 3. The number of benzene rings is 1. The summed E-state index contributed by atoms with van der Waals surface area (Å²) in [4.78, 5) is 21.6. The molecule has 4 N–H and O–H groups in total. The zero-order valence-electron chi connectivity index (χ0n) is 13.8. The van der Waals surface area contributed by atoms with E-state index < -0.39 is 9.52 Å². The van der Waals surface area contributed by atoms with E-state index in [4.69, 9.17) is 5.73 Å². The summed E-state index contributed by atoms with van der Waals surface area (Å²) in [6.07, 6.45) is 5.38. The number of carbonyl (C=O) groups excluding carboxylic acids is 1. The highest BCUT2D eigenvalue weighted by Gasteiger charge is 2.25. The Bertz CT molecular complexity index is 1030. The van der Waals surface area contributed by atoms with Crippen molar-refractivity contribution < 1.29 is 4.79 Å². The summed E-state index contributed by atoms with van der Waals surface area (Å²) in [6.45, 7) is 0. The number of rotatable bonds is 3. The Kier molecular flexibility index (Phi) is 4.39. The molecule has 0 bridgehead atoms. The van der Waals surface area contributed by atoms with Gasteiger partial charge in [0, 0.05) is 31.3 Å². The van der Waals surface area contributed by atoms with E-state index in [1.54, 1.807) is 47.5 Å². The van der Waals surface area contributed by atoms with Crippen LogP contribution in [-0.2, 0) is 7.05 Å². The van der Waals surface area contributed by atoms with Crippen LogP contribution in [0, 0.1) is 0 Å². The Morgan fingerprint density at radius 1 is 1.23 bits per heavy atom. The molecule has 0 fully saturated rings. The summed E-state index contributed by atoms with van der Waals surface area (Å²) >= 11 is 0. The lowest BCUT2D eigenvalue weighted by molar-refractivity contribution is 0.0978. The van der Waals surface area contributed by atoms with Gasteiger partial charge in [-0.05, 0) is 44.6 Å². The Balaban J connectivity index is 1.69. The maximum atomic E-state index is 12.7. The minimum absolute atomic E-state index is 0.253. The van der Waals surface area contributed by atoms with Gasteiger partial charge in [-0.1, -0.05) is 12.1 Å². The number of fused-ring (bicyclic) bond motifs is 1. The van der Waals surface area contributed by atoms with Gasteiger partial charge in [-0.25, -0.2) is 9.97 Å². The van der Waals surface area contributed by atoms with E-state index >= 15 is 0 Å². The number of nitrogens with zero attached hydrogens (tertiary/aromatic N) is 3. The van der Waals surface area contributed by atoms with Gasteiger partial charge >= 0.3 is 0 Å². The number of anilines is 2. The molecule has 4 rings (SSSR count). The predicted octanol–water partition coefficient (Wildman–Crippen LogP) is 2.68. The maximum Gasteiger partial charge on any atom is 0.259 e. The van der Waals surface area contributed by atoms with Crippen LogP contribution in [0.25, 0.3) is 0 Å². The SMILES string of the molecule is Cn1ccnc1SS1=C(NC(=O)c2ccccc2N)Nc2cccnc21. The Morgan fingerprint density at radius 2 is 2.08 bits per heavy atom.